The van der Waals surface area contributed by atoms with Gasteiger partial charge in [0.05, 0.1) is 30.2 Å². The molecule has 2 saturated heterocycles. The number of carbonyl (C=O) groups is 2. The minimum absolute atomic E-state index is 0.0331. The molecule has 0 unspecified atom stereocenters. The second-order valence-corrected chi connectivity index (χ2v) is 5.46. The summed E-state index contributed by atoms with van der Waals surface area (Å²) in [5, 5.41) is 11.8. The highest BCUT2D eigenvalue weighted by atomic mass is 16.5. The van der Waals surface area contributed by atoms with Gasteiger partial charge in [0.2, 0.25) is 5.91 Å². The predicted molar refractivity (Wildman–Crippen MR) is 71.5 cm³/mol. The first-order valence-corrected chi connectivity index (χ1v) is 6.89. The van der Waals surface area contributed by atoms with Crippen LogP contribution in [-0.2, 0) is 16.0 Å². The second kappa shape index (κ2) is 5.25. The summed E-state index contributed by atoms with van der Waals surface area (Å²) in [6, 6.07) is 6.54. The molecule has 2 fully saturated rings. The lowest BCUT2D eigenvalue weighted by Gasteiger charge is -2.20. The van der Waals surface area contributed by atoms with Crippen LogP contribution in [0.4, 0.5) is 0 Å². The summed E-state index contributed by atoms with van der Waals surface area (Å²) in [5.41, 5.74) is 1.05. The van der Waals surface area contributed by atoms with E-state index in [2.05, 4.69) is 5.32 Å². The van der Waals surface area contributed by atoms with Crippen LogP contribution in [0.3, 0.4) is 0 Å². The van der Waals surface area contributed by atoms with Gasteiger partial charge in [-0.05, 0) is 37.0 Å². The Labute approximate surface area is 116 Å². The van der Waals surface area contributed by atoms with E-state index in [0.717, 1.165) is 24.8 Å². The molecule has 0 spiro atoms. The summed E-state index contributed by atoms with van der Waals surface area (Å²) in [6.45, 7) is 0. The van der Waals surface area contributed by atoms with Gasteiger partial charge in [-0.15, -0.1) is 0 Å². The largest absolute Gasteiger partial charge is 0.478 e. The van der Waals surface area contributed by atoms with Crippen LogP contribution < -0.4 is 5.32 Å². The van der Waals surface area contributed by atoms with Gasteiger partial charge in [-0.3, -0.25) is 4.79 Å². The Balaban J connectivity index is 1.55. The number of carbonyl (C=O) groups excluding carboxylic acids is 1. The maximum absolute atomic E-state index is 12.0. The van der Waals surface area contributed by atoms with E-state index in [-0.39, 0.29) is 30.0 Å². The van der Waals surface area contributed by atoms with E-state index in [4.69, 9.17) is 9.84 Å². The Kier molecular flexibility index (Phi) is 3.44. The minimum atomic E-state index is -0.958. The molecule has 2 bridgehead atoms. The monoisotopic (exact) mass is 275 g/mol. The van der Waals surface area contributed by atoms with Crippen molar-refractivity contribution in [1.82, 2.24) is 5.32 Å². The van der Waals surface area contributed by atoms with Gasteiger partial charge < -0.3 is 15.2 Å². The number of carboxylic acid groups (broad SMARTS) is 1. The number of carboxylic acids is 1. The number of benzene rings is 1. The third kappa shape index (κ3) is 2.67. The van der Waals surface area contributed by atoms with Crippen molar-refractivity contribution in [2.45, 2.75) is 43.9 Å². The van der Waals surface area contributed by atoms with Gasteiger partial charge in [0.15, 0.2) is 0 Å². The van der Waals surface area contributed by atoms with Crippen LogP contribution in [-0.4, -0.2) is 35.2 Å². The van der Waals surface area contributed by atoms with Gasteiger partial charge in [0.25, 0.3) is 0 Å². The summed E-state index contributed by atoms with van der Waals surface area (Å²) < 4.78 is 5.70. The molecule has 1 amide bonds. The van der Waals surface area contributed by atoms with Crippen molar-refractivity contribution >= 4 is 11.9 Å². The number of hydrogen-bond acceptors (Lipinski definition) is 3. The van der Waals surface area contributed by atoms with Crippen molar-refractivity contribution < 1.29 is 19.4 Å². The topological polar surface area (TPSA) is 75.6 Å². The quantitative estimate of drug-likeness (QED) is 0.870. The van der Waals surface area contributed by atoms with Crippen LogP contribution in [0.25, 0.3) is 0 Å². The number of aromatic carboxylic acids is 1. The highest BCUT2D eigenvalue weighted by Gasteiger charge is 2.41. The van der Waals surface area contributed by atoms with Gasteiger partial charge in [0.1, 0.15) is 0 Å². The van der Waals surface area contributed by atoms with E-state index >= 15 is 0 Å². The van der Waals surface area contributed by atoms with Crippen LogP contribution in [0.5, 0.6) is 0 Å². The first-order chi connectivity index (χ1) is 9.61. The molecule has 2 aliphatic rings. The van der Waals surface area contributed by atoms with Crippen LogP contribution in [0, 0.1) is 0 Å². The van der Waals surface area contributed by atoms with Crippen molar-refractivity contribution in [3.63, 3.8) is 0 Å². The van der Waals surface area contributed by atoms with E-state index in [1.54, 1.807) is 12.1 Å². The molecule has 20 heavy (non-hydrogen) atoms. The molecule has 3 atom stereocenters. The van der Waals surface area contributed by atoms with Crippen LogP contribution in [0.2, 0.25) is 0 Å². The molecule has 1 aromatic rings. The number of rotatable bonds is 4. The van der Waals surface area contributed by atoms with Crippen molar-refractivity contribution in [2.75, 3.05) is 0 Å². The van der Waals surface area contributed by atoms with Gasteiger partial charge in [-0.2, -0.15) is 0 Å². The number of amides is 1. The van der Waals surface area contributed by atoms with E-state index in [0.29, 0.717) is 6.10 Å². The molecule has 0 saturated carbocycles. The fourth-order valence-electron chi connectivity index (χ4n) is 3.00. The highest BCUT2D eigenvalue weighted by molar-refractivity contribution is 5.87. The van der Waals surface area contributed by atoms with Crippen LogP contribution >= 0.6 is 0 Å². The molecule has 5 heteroatoms. The third-order valence-electron chi connectivity index (χ3n) is 4.02. The molecule has 2 N–H and O–H groups in total. The lowest BCUT2D eigenvalue weighted by molar-refractivity contribution is -0.121. The molecule has 0 aromatic heterocycles. The molecule has 1 aromatic carbocycles. The summed E-state index contributed by atoms with van der Waals surface area (Å²) in [7, 11) is 0. The van der Waals surface area contributed by atoms with Crippen molar-refractivity contribution in [3.8, 4) is 0 Å². The zero-order valence-electron chi connectivity index (χ0n) is 11.0. The first kappa shape index (κ1) is 13.1. The molecule has 106 valence electrons. The Hall–Kier alpha value is -1.88. The molecule has 2 aliphatic heterocycles. The second-order valence-electron chi connectivity index (χ2n) is 5.46. The Morgan fingerprint density at radius 3 is 2.55 bits per heavy atom. The lowest BCUT2D eigenvalue weighted by atomic mass is 9.95. The van der Waals surface area contributed by atoms with Gasteiger partial charge >= 0.3 is 5.97 Å². The van der Waals surface area contributed by atoms with Gasteiger partial charge in [-0.25, -0.2) is 4.79 Å². The summed E-state index contributed by atoms with van der Waals surface area (Å²) in [4.78, 5) is 22.7. The van der Waals surface area contributed by atoms with Crippen molar-refractivity contribution in [1.29, 1.82) is 0 Å². The van der Waals surface area contributed by atoms with Gasteiger partial charge in [-0.1, -0.05) is 12.1 Å². The number of nitrogens with one attached hydrogen (secondary N) is 1. The van der Waals surface area contributed by atoms with Gasteiger partial charge in [0, 0.05) is 0 Å². The smallest absolute Gasteiger partial charge is 0.335 e. The fraction of sp³-hybridized carbons (Fsp3) is 0.467. The van der Waals surface area contributed by atoms with Crippen molar-refractivity contribution in [2.24, 2.45) is 0 Å². The van der Waals surface area contributed by atoms with Crippen LogP contribution in [0.15, 0.2) is 24.3 Å². The maximum Gasteiger partial charge on any atom is 0.335 e. The molecule has 0 aliphatic carbocycles. The highest BCUT2D eigenvalue weighted by Crippen LogP contribution is 2.34. The number of fused-ring (bicyclic) bond motifs is 2. The van der Waals surface area contributed by atoms with E-state index in [9.17, 15) is 9.59 Å². The summed E-state index contributed by atoms with van der Waals surface area (Å²) >= 11 is 0. The zero-order valence-corrected chi connectivity index (χ0v) is 11.0. The summed E-state index contributed by atoms with van der Waals surface area (Å²) in [6.07, 6.45) is 3.82. The first-order valence-electron chi connectivity index (χ1n) is 6.89. The molecular formula is C15H17NO4. The number of hydrogen-bond donors (Lipinski definition) is 2. The molecule has 2 heterocycles. The predicted octanol–water partition coefficient (Wildman–Crippen LogP) is 1.36. The van der Waals surface area contributed by atoms with E-state index in [1.165, 1.54) is 12.1 Å². The molecule has 0 radical (unpaired) electrons. The molecule has 5 nitrogen and oxygen atoms in total. The normalized spacial score (nSPS) is 27.5. The Bertz CT molecular complexity index is 525. The van der Waals surface area contributed by atoms with E-state index < -0.39 is 5.97 Å². The molecular weight excluding hydrogens is 258 g/mol. The van der Waals surface area contributed by atoms with E-state index in [1.807, 2.05) is 0 Å². The SMILES string of the molecule is O=C(Cc1ccc(C(=O)O)cc1)N[C@@H]1C[C@H]2CC[C@@H]1O2. The molecule has 3 rings (SSSR count). The number of ether oxygens (including phenoxy) is 1. The lowest BCUT2D eigenvalue weighted by Crippen LogP contribution is -2.42. The Morgan fingerprint density at radius 1 is 1.25 bits per heavy atom. The minimum Gasteiger partial charge on any atom is -0.478 e. The zero-order chi connectivity index (χ0) is 14.1. The fourth-order valence-corrected chi connectivity index (χ4v) is 3.00. The van der Waals surface area contributed by atoms with Crippen LogP contribution in [0.1, 0.15) is 35.2 Å². The average molecular weight is 275 g/mol. The summed E-state index contributed by atoms with van der Waals surface area (Å²) in [5.74, 6) is -0.991. The maximum atomic E-state index is 12.0. The average Bonchev–Trinajstić information content (AvgIpc) is 3.01. The van der Waals surface area contributed by atoms with Crippen molar-refractivity contribution in [3.05, 3.63) is 35.4 Å². The Morgan fingerprint density at radius 2 is 2.00 bits per heavy atom. The standard InChI is InChI=1S/C15H17NO4/c17-14(16-12-8-11-5-6-13(12)20-11)7-9-1-3-10(4-2-9)15(18)19/h1-4,11-13H,5-8H2,(H,16,17)(H,18,19)/t11-,12-,13+/m1/s1. The third-order valence-corrected chi connectivity index (χ3v) is 4.02.